The molecule has 0 aromatic carbocycles. The third-order valence-electron chi connectivity index (χ3n) is 3.15. The van der Waals surface area contributed by atoms with E-state index in [0.717, 1.165) is 12.8 Å². The first-order valence-electron chi connectivity index (χ1n) is 6.13. The Morgan fingerprint density at radius 2 is 2.11 bits per heavy atom. The van der Waals surface area contributed by atoms with Crippen LogP contribution in [-0.2, 0) is 15.0 Å². The van der Waals surface area contributed by atoms with E-state index in [1.165, 1.54) is 15.7 Å². The molecule has 0 spiro atoms. The van der Waals surface area contributed by atoms with E-state index in [9.17, 15) is 13.2 Å². The fourth-order valence-corrected chi connectivity index (χ4v) is 3.68. The van der Waals surface area contributed by atoms with E-state index in [-0.39, 0.29) is 0 Å². The zero-order valence-electron chi connectivity index (χ0n) is 10.7. The molecule has 0 radical (unpaired) electrons. The molecule has 0 bridgehead atoms. The Morgan fingerprint density at radius 3 is 2.67 bits per heavy atom. The van der Waals surface area contributed by atoms with Crippen LogP contribution in [0.1, 0.15) is 25.7 Å². The van der Waals surface area contributed by atoms with Crippen LogP contribution in [-0.4, -0.2) is 55.7 Å². The first-order valence-corrected chi connectivity index (χ1v) is 7.53. The van der Waals surface area contributed by atoms with Crippen molar-refractivity contribution in [1.29, 1.82) is 0 Å². The van der Waals surface area contributed by atoms with E-state index >= 15 is 0 Å². The molecule has 8 heteroatoms. The standard InChI is InChI=1S/C10H22N4O3S/c1-13(7-4-6-11)18(16,17)14-8-3-2-5-9(14)10(12)15/h9H,2-8,11H2,1H3,(H2,12,15). The smallest absolute Gasteiger partial charge is 0.282 e. The normalized spacial score (nSPS) is 22.3. The molecule has 1 fully saturated rings. The highest BCUT2D eigenvalue weighted by molar-refractivity contribution is 7.86. The predicted octanol–water partition coefficient (Wildman–Crippen LogP) is -1.15. The summed E-state index contributed by atoms with van der Waals surface area (Å²) in [5.74, 6) is -0.578. The van der Waals surface area contributed by atoms with Crippen LogP contribution in [0.4, 0.5) is 0 Å². The maximum absolute atomic E-state index is 12.3. The lowest BCUT2D eigenvalue weighted by atomic mass is 10.0. The minimum atomic E-state index is -3.62. The van der Waals surface area contributed by atoms with Gasteiger partial charge in [0, 0.05) is 20.1 Å². The summed E-state index contributed by atoms with van der Waals surface area (Å²) in [6.07, 6.45) is 2.67. The molecular formula is C10H22N4O3S. The summed E-state index contributed by atoms with van der Waals surface area (Å²) >= 11 is 0. The number of primary amides is 1. The molecule has 1 aliphatic rings. The highest BCUT2D eigenvalue weighted by Crippen LogP contribution is 2.21. The zero-order valence-corrected chi connectivity index (χ0v) is 11.5. The van der Waals surface area contributed by atoms with Gasteiger partial charge in [0.05, 0.1) is 0 Å². The third-order valence-corrected chi connectivity index (χ3v) is 5.15. The van der Waals surface area contributed by atoms with Crippen molar-refractivity contribution in [2.24, 2.45) is 11.5 Å². The molecule has 106 valence electrons. The number of hydrogen-bond donors (Lipinski definition) is 2. The summed E-state index contributed by atoms with van der Waals surface area (Å²) in [5.41, 5.74) is 10.6. The Kier molecular flexibility index (Phi) is 5.51. The average molecular weight is 278 g/mol. The van der Waals surface area contributed by atoms with Crippen LogP contribution in [0.3, 0.4) is 0 Å². The van der Waals surface area contributed by atoms with Gasteiger partial charge in [-0.15, -0.1) is 0 Å². The SMILES string of the molecule is CN(CCCN)S(=O)(=O)N1CCCCC1C(N)=O. The van der Waals surface area contributed by atoms with Crippen LogP contribution in [0.15, 0.2) is 0 Å². The number of rotatable bonds is 6. The number of nitrogens with zero attached hydrogens (tertiary/aromatic N) is 2. The summed E-state index contributed by atoms with van der Waals surface area (Å²) in [6.45, 7) is 1.13. The van der Waals surface area contributed by atoms with E-state index in [2.05, 4.69) is 0 Å². The van der Waals surface area contributed by atoms with E-state index in [4.69, 9.17) is 11.5 Å². The minimum Gasteiger partial charge on any atom is -0.368 e. The number of carbonyl (C=O) groups excluding carboxylic acids is 1. The first kappa shape index (κ1) is 15.4. The van der Waals surface area contributed by atoms with Gasteiger partial charge in [-0.05, 0) is 25.8 Å². The molecule has 1 amide bonds. The maximum Gasteiger partial charge on any atom is 0.282 e. The Balaban J connectivity index is 2.83. The molecule has 7 nitrogen and oxygen atoms in total. The lowest BCUT2D eigenvalue weighted by molar-refractivity contribution is -0.122. The third kappa shape index (κ3) is 3.41. The zero-order chi connectivity index (χ0) is 13.8. The number of amides is 1. The highest BCUT2D eigenvalue weighted by atomic mass is 32.2. The van der Waals surface area contributed by atoms with Crippen molar-refractivity contribution in [1.82, 2.24) is 8.61 Å². The van der Waals surface area contributed by atoms with Gasteiger partial charge in [-0.1, -0.05) is 6.42 Å². The molecule has 1 rings (SSSR count). The van der Waals surface area contributed by atoms with E-state index < -0.39 is 22.2 Å². The number of carbonyl (C=O) groups is 1. The quantitative estimate of drug-likeness (QED) is 0.639. The van der Waals surface area contributed by atoms with Gasteiger partial charge >= 0.3 is 0 Å². The van der Waals surface area contributed by atoms with Crippen LogP contribution in [0.2, 0.25) is 0 Å². The summed E-state index contributed by atoms with van der Waals surface area (Å²) in [4.78, 5) is 11.3. The van der Waals surface area contributed by atoms with Crippen molar-refractivity contribution < 1.29 is 13.2 Å². The van der Waals surface area contributed by atoms with Gasteiger partial charge in [-0.25, -0.2) is 0 Å². The van der Waals surface area contributed by atoms with Crippen LogP contribution in [0, 0.1) is 0 Å². The summed E-state index contributed by atoms with van der Waals surface area (Å²) < 4.78 is 27.1. The van der Waals surface area contributed by atoms with Crippen LogP contribution < -0.4 is 11.5 Å². The highest BCUT2D eigenvalue weighted by Gasteiger charge is 2.37. The lowest BCUT2D eigenvalue weighted by Gasteiger charge is -2.35. The molecule has 4 N–H and O–H groups in total. The number of nitrogens with two attached hydrogens (primary N) is 2. The topological polar surface area (TPSA) is 110 Å². The van der Waals surface area contributed by atoms with Gasteiger partial charge in [-0.3, -0.25) is 4.79 Å². The first-order chi connectivity index (χ1) is 8.41. The molecule has 1 aliphatic heterocycles. The van der Waals surface area contributed by atoms with Crippen molar-refractivity contribution in [3.63, 3.8) is 0 Å². The summed E-state index contributed by atoms with van der Waals surface area (Å²) in [5, 5.41) is 0. The monoisotopic (exact) mass is 278 g/mol. The molecule has 1 saturated heterocycles. The molecule has 0 aromatic heterocycles. The molecule has 0 aliphatic carbocycles. The fourth-order valence-electron chi connectivity index (χ4n) is 2.07. The lowest BCUT2D eigenvalue weighted by Crippen LogP contribution is -2.54. The van der Waals surface area contributed by atoms with Gasteiger partial charge in [0.2, 0.25) is 5.91 Å². The van der Waals surface area contributed by atoms with Gasteiger partial charge in [0.15, 0.2) is 0 Å². The van der Waals surface area contributed by atoms with Crippen molar-refractivity contribution >= 4 is 16.1 Å². The second kappa shape index (κ2) is 6.46. The van der Waals surface area contributed by atoms with Crippen LogP contribution in [0.25, 0.3) is 0 Å². The molecule has 0 saturated carbocycles. The molecular weight excluding hydrogens is 256 g/mol. The molecule has 18 heavy (non-hydrogen) atoms. The van der Waals surface area contributed by atoms with Crippen molar-refractivity contribution in [2.75, 3.05) is 26.7 Å². The summed E-state index contributed by atoms with van der Waals surface area (Å²) in [7, 11) is -2.12. The largest absolute Gasteiger partial charge is 0.368 e. The summed E-state index contributed by atoms with van der Waals surface area (Å²) in [6, 6.07) is -0.718. The molecule has 0 aromatic rings. The Hall–Kier alpha value is -0.700. The van der Waals surface area contributed by atoms with Gasteiger partial charge in [0.1, 0.15) is 6.04 Å². The van der Waals surface area contributed by atoms with Crippen LogP contribution >= 0.6 is 0 Å². The van der Waals surface area contributed by atoms with Crippen molar-refractivity contribution in [2.45, 2.75) is 31.7 Å². The van der Waals surface area contributed by atoms with Gasteiger partial charge < -0.3 is 11.5 Å². The van der Waals surface area contributed by atoms with E-state index in [1.54, 1.807) is 0 Å². The van der Waals surface area contributed by atoms with Gasteiger partial charge in [0.25, 0.3) is 10.2 Å². The van der Waals surface area contributed by atoms with Crippen molar-refractivity contribution in [3.05, 3.63) is 0 Å². The Bertz CT molecular complexity index is 385. The Morgan fingerprint density at radius 1 is 1.44 bits per heavy atom. The number of piperidine rings is 1. The maximum atomic E-state index is 12.3. The molecule has 1 atom stereocenters. The fraction of sp³-hybridized carbons (Fsp3) is 0.900. The predicted molar refractivity (Wildman–Crippen MR) is 68.8 cm³/mol. The number of hydrogen-bond acceptors (Lipinski definition) is 4. The minimum absolute atomic E-state index is 0.348. The van der Waals surface area contributed by atoms with Crippen LogP contribution in [0.5, 0.6) is 0 Å². The van der Waals surface area contributed by atoms with Gasteiger partial charge in [-0.2, -0.15) is 17.0 Å². The second-order valence-electron chi connectivity index (χ2n) is 4.50. The molecule has 1 unspecified atom stereocenters. The van der Waals surface area contributed by atoms with Crippen molar-refractivity contribution in [3.8, 4) is 0 Å². The second-order valence-corrected chi connectivity index (χ2v) is 6.48. The van der Waals surface area contributed by atoms with E-state index in [1.807, 2.05) is 0 Å². The molecule has 1 heterocycles. The average Bonchev–Trinajstić information content (AvgIpc) is 2.35. The van der Waals surface area contributed by atoms with E-state index in [0.29, 0.717) is 32.5 Å². The Labute approximate surface area is 108 Å².